The number of anilines is 1. The maximum Gasteiger partial charge on any atom is 0.276 e. The molecular weight excluding hydrogens is 300 g/mol. The Hall–Kier alpha value is -2.95. The van der Waals surface area contributed by atoms with Gasteiger partial charge in [0.05, 0.1) is 17.6 Å². The van der Waals surface area contributed by atoms with Gasteiger partial charge in [0.15, 0.2) is 5.69 Å². The van der Waals surface area contributed by atoms with Gasteiger partial charge in [-0.05, 0) is 50.1 Å². The van der Waals surface area contributed by atoms with Crippen LogP contribution in [0.5, 0.6) is 0 Å². The van der Waals surface area contributed by atoms with E-state index < -0.39 is 0 Å². The van der Waals surface area contributed by atoms with Crippen LogP contribution in [-0.4, -0.2) is 20.7 Å². The Balaban J connectivity index is 1.95. The third kappa shape index (κ3) is 3.06. The summed E-state index contributed by atoms with van der Waals surface area (Å²) in [5.41, 5.74) is 6.67. The van der Waals surface area contributed by atoms with E-state index in [2.05, 4.69) is 48.3 Å². The molecule has 0 aliphatic rings. The summed E-state index contributed by atoms with van der Waals surface area (Å²) in [6.45, 7) is 6.25. The third-order valence-corrected chi connectivity index (χ3v) is 3.97. The van der Waals surface area contributed by atoms with Crippen molar-refractivity contribution in [2.45, 2.75) is 20.8 Å². The van der Waals surface area contributed by atoms with Crippen LogP contribution in [0.2, 0.25) is 0 Å². The number of carbonyl (C=O) groups is 1. The van der Waals surface area contributed by atoms with Crippen LogP contribution in [0, 0.1) is 20.8 Å². The highest BCUT2D eigenvalue weighted by Crippen LogP contribution is 2.28. The molecule has 3 rings (SSSR count). The Morgan fingerprint density at radius 2 is 1.83 bits per heavy atom. The molecule has 0 saturated heterocycles. The van der Waals surface area contributed by atoms with Gasteiger partial charge in [-0.1, -0.05) is 17.7 Å². The molecule has 5 nitrogen and oxygen atoms in total. The van der Waals surface area contributed by atoms with Crippen LogP contribution < -0.4 is 5.32 Å². The number of hydrogen-bond acceptors (Lipinski definition) is 3. The highest BCUT2D eigenvalue weighted by atomic mass is 16.1. The second-order valence-electron chi connectivity index (χ2n) is 6.01. The van der Waals surface area contributed by atoms with Gasteiger partial charge in [-0.25, -0.2) is 0 Å². The Bertz CT molecular complexity index is 874. The largest absolute Gasteiger partial charge is 0.319 e. The van der Waals surface area contributed by atoms with E-state index in [1.54, 1.807) is 29.2 Å². The van der Waals surface area contributed by atoms with Crippen LogP contribution in [0.3, 0.4) is 0 Å². The summed E-state index contributed by atoms with van der Waals surface area (Å²) in [7, 11) is 1.86. The monoisotopic (exact) mass is 320 g/mol. The third-order valence-electron chi connectivity index (χ3n) is 3.97. The van der Waals surface area contributed by atoms with E-state index in [0.29, 0.717) is 11.4 Å². The topological polar surface area (TPSA) is 59.8 Å². The zero-order valence-electron chi connectivity index (χ0n) is 14.3. The first kappa shape index (κ1) is 15.9. The minimum Gasteiger partial charge on any atom is -0.319 e. The van der Waals surface area contributed by atoms with Crippen molar-refractivity contribution in [3.8, 4) is 11.3 Å². The zero-order chi connectivity index (χ0) is 17.3. The minimum absolute atomic E-state index is 0.243. The van der Waals surface area contributed by atoms with Crippen molar-refractivity contribution in [2.75, 3.05) is 5.32 Å². The van der Waals surface area contributed by atoms with Crippen LogP contribution in [-0.2, 0) is 7.05 Å². The molecular formula is C19H20N4O. The summed E-state index contributed by atoms with van der Waals surface area (Å²) < 4.78 is 1.75. The molecule has 1 aromatic carbocycles. The minimum atomic E-state index is -0.243. The highest BCUT2D eigenvalue weighted by Gasteiger charge is 2.17. The van der Waals surface area contributed by atoms with Crippen molar-refractivity contribution >= 4 is 11.6 Å². The molecule has 5 heteroatoms. The van der Waals surface area contributed by atoms with E-state index in [4.69, 9.17) is 0 Å². The number of aryl methyl sites for hydroxylation is 4. The average Bonchev–Trinajstić information content (AvgIpc) is 2.89. The molecule has 0 aliphatic carbocycles. The predicted molar refractivity (Wildman–Crippen MR) is 95.0 cm³/mol. The summed E-state index contributed by atoms with van der Waals surface area (Å²) in [5, 5.41) is 7.18. The van der Waals surface area contributed by atoms with Gasteiger partial charge >= 0.3 is 0 Å². The first-order valence-electron chi connectivity index (χ1n) is 7.79. The molecule has 0 radical (unpaired) electrons. The van der Waals surface area contributed by atoms with Gasteiger partial charge in [-0.2, -0.15) is 5.10 Å². The van der Waals surface area contributed by atoms with Crippen LogP contribution in [0.4, 0.5) is 5.69 Å². The van der Waals surface area contributed by atoms with Crippen molar-refractivity contribution < 1.29 is 4.79 Å². The van der Waals surface area contributed by atoms with Crippen molar-refractivity contribution in [1.29, 1.82) is 0 Å². The fraction of sp³-hybridized carbons (Fsp3) is 0.211. The number of aromatic nitrogens is 3. The quantitative estimate of drug-likeness (QED) is 0.801. The van der Waals surface area contributed by atoms with Crippen molar-refractivity contribution in [3.05, 3.63) is 65.1 Å². The molecule has 0 atom stereocenters. The smallest absolute Gasteiger partial charge is 0.276 e. The maximum atomic E-state index is 12.4. The number of nitrogens with zero attached hydrogens (tertiary/aromatic N) is 3. The van der Waals surface area contributed by atoms with E-state index in [-0.39, 0.29) is 5.91 Å². The maximum absolute atomic E-state index is 12.4. The van der Waals surface area contributed by atoms with Crippen LogP contribution in [0.25, 0.3) is 11.3 Å². The van der Waals surface area contributed by atoms with Gasteiger partial charge in [0.1, 0.15) is 0 Å². The summed E-state index contributed by atoms with van der Waals surface area (Å²) in [6, 6.07) is 9.69. The molecule has 2 heterocycles. The van der Waals surface area contributed by atoms with Gasteiger partial charge in [0.25, 0.3) is 5.91 Å². The number of benzene rings is 1. The van der Waals surface area contributed by atoms with Crippen LogP contribution >= 0.6 is 0 Å². The highest BCUT2D eigenvalue weighted by molar-refractivity contribution is 6.03. The summed E-state index contributed by atoms with van der Waals surface area (Å²) >= 11 is 0. The molecule has 0 fully saturated rings. The molecule has 0 saturated carbocycles. The lowest BCUT2D eigenvalue weighted by Crippen LogP contribution is -2.13. The van der Waals surface area contributed by atoms with Gasteiger partial charge in [-0.3, -0.25) is 14.5 Å². The number of rotatable bonds is 3. The Morgan fingerprint density at radius 3 is 2.46 bits per heavy atom. The Labute approximate surface area is 141 Å². The van der Waals surface area contributed by atoms with E-state index in [1.165, 1.54) is 16.7 Å². The van der Waals surface area contributed by atoms with E-state index >= 15 is 0 Å². The SMILES string of the molecule is Cc1cc(C)c(-c2cc(C(=O)Nc3cccnc3)nn2C)c(C)c1. The molecule has 0 unspecified atom stereocenters. The Morgan fingerprint density at radius 1 is 1.12 bits per heavy atom. The van der Waals surface area contributed by atoms with E-state index in [0.717, 1.165) is 11.3 Å². The summed E-state index contributed by atoms with van der Waals surface area (Å²) in [6.07, 6.45) is 3.27. The molecule has 1 N–H and O–H groups in total. The second-order valence-corrected chi connectivity index (χ2v) is 6.01. The fourth-order valence-corrected chi connectivity index (χ4v) is 3.03. The van der Waals surface area contributed by atoms with Gasteiger partial charge < -0.3 is 5.32 Å². The summed E-state index contributed by atoms with van der Waals surface area (Å²) in [4.78, 5) is 16.4. The first-order chi connectivity index (χ1) is 11.5. The molecule has 2 aromatic heterocycles. The first-order valence-corrected chi connectivity index (χ1v) is 7.79. The number of nitrogens with one attached hydrogen (secondary N) is 1. The number of hydrogen-bond donors (Lipinski definition) is 1. The van der Waals surface area contributed by atoms with Crippen molar-refractivity contribution in [3.63, 3.8) is 0 Å². The average molecular weight is 320 g/mol. The lowest BCUT2D eigenvalue weighted by Gasteiger charge is -2.11. The standard InChI is InChI=1S/C19H20N4O/c1-12-8-13(2)18(14(3)9-12)17-10-16(22-23(17)4)19(24)21-15-6-5-7-20-11-15/h5-11H,1-4H3,(H,21,24). The molecule has 24 heavy (non-hydrogen) atoms. The molecule has 0 aliphatic heterocycles. The van der Waals surface area contributed by atoms with E-state index in [1.807, 2.05) is 13.1 Å². The zero-order valence-corrected chi connectivity index (χ0v) is 14.3. The summed E-state index contributed by atoms with van der Waals surface area (Å²) in [5.74, 6) is -0.243. The Kier molecular flexibility index (Phi) is 4.16. The van der Waals surface area contributed by atoms with Crippen molar-refractivity contribution in [2.24, 2.45) is 7.05 Å². The van der Waals surface area contributed by atoms with E-state index in [9.17, 15) is 4.79 Å². The molecule has 122 valence electrons. The van der Waals surface area contributed by atoms with Crippen LogP contribution in [0.1, 0.15) is 27.2 Å². The number of pyridine rings is 1. The lowest BCUT2D eigenvalue weighted by atomic mass is 9.97. The number of carbonyl (C=O) groups excluding carboxylic acids is 1. The molecule has 3 aromatic rings. The molecule has 0 bridgehead atoms. The van der Waals surface area contributed by atoms with Gasteiger partial charge in [-0.15, -0.1) is 0 Å². The van der Waals surface area contributed by atoms with Crippen LogP contribution in [0.15, 0.2) is 42.7 Å². The second kappa shape index (κ2) is 6.28. The number of amides is 1. The molecule has 0 spiro atoms. The lowest BCUT2D eigenvalue weighted by molar-refractivity contribution is 0.102. The fourth-order valence-electron chi connectivity index (χ4n) is 3.03. The molecule has 1 amide bonds. The van der Waals surface area contributed by atoms with Crippen molar-refractivity contribution in [1.82, 2.24) is 14.8 Å². The van der Waals surface area contributed by atoms with Gasteiger partial charge in [0, 0.05) is 18.8 Å². The van der Waals surface area contributed by atoms with Gasteiger partial charge in [0.2, 0.25) is 0 Å². The predicted octanol–water partition coefficient (Wildman–Crippen LogP) is 3.66. The normalized spacial score (nSPS) is 10.7.